The first-order valence-corrected chi connectivity index (χ1v) is 6.35. The summed E-state index contributed by atoms with van der Waals surface area (Å²) in [5, 5.41) is 24.3. The van der Waals surface area contributed by atoms with Crippen molar-refractivity contribution in [3.8, 4) is 0 Å². The zero-order valence-electron chi connectivity index (χ0n) is 11.2. The molecule has 0 saturated carbocycles. The fourth-order valence-corrected chi connectivity index (χ4v) is 1.57. The third-order valence-electron chi connectivity index (χ3n) is 3.54. The van der Waals surface area contributed by atoms with Crippen LogP contribution in [0.5, 0.6) is 0 Å². The van der Waals surface area contributed by atoms with Gasteiger partial charge in [0.2, 0.25) is 0 Å². The van der Waals surface area contributed by atoms with Crippen molar-refractivity contribution in [1.29, 1.82) is 0 Å². The second-order valence-corrected chi connectivity index (χ2v) is 4.98. The molecule has 0 spiro atoms. The highest BCUT2D eigenvalue weighted by Crippen LogP contribution is 2.18. The minimum Gasteiger partial charge on any atom is -0.390 e. The van der Waals surface area contributed by atoms with Crippen molar-refractivity contribution in [3.05, 3.63) is 18.0 Å². The lowest BCUT2D eigenvalue weighted by Crippen LogP contribution is -2.40. The van der Waals surface area contributed by atoms with E-state index in [1.54, 1.807) is 6.92 Å². The highest BCUT2D eigenvalue weighted by atomic mass is 16.3. The van der Waals surface area contributed by atoms with Crippen LogP contribution >= 0.6 is 0 Å². The lowest BCUT2D eigenvalue weighted by atomic mass is 9.93. The molecule has 98 valence electrons. The van der Waals surface area contributed by atoms with Crippen LogP contribution in [0.3, 0.4) is 0 Å². The van der Waals surface area contributed by atoms with Gasteiger partial charge in [0.05, 0.1) is 17.4 Å². The standard InChI is InChI=1S/C13H24N2O2/c1-5-10(3)15-8-7-11(14-15)9-12(16)13(4,17)6-2/h7-8,10,12,16-17H,5-6,9H2,1-4H3. The average Bonchev–Trinajstić information content (AvgIpc) is 2.76. The fraction of sp³-hybridized carbons (Fsp3) is 0.769. The SMILES string of the molecule is CCC(C)n1ccc(CC(O)C(C)(O)CC)n1. The van der Waals surface area contributed by atoms with Crippen LogP contribution in [0.2, 0.25) is 0 Å². The topological polar surface area (TPSA) is 58.3 Å². The van der Waals surface area contributed by atoms with E-state index >= 15 is 0 Å². The Bertz CT molecular complexity index is 347. The predicted molar refractivity (Wildman–Crippen MR) is 67.9 cm³/mol. The first-order valence-electron chi connectivity index (χ1n) is 6.35. The van der Waals surface area contributed by atoms with Gasteiger partial charge in [-0.15, -0.1) is 0 Å². The maximum absolute atomic E-state index is 9.94. The normalized spacial score (nSPS) is 18.7. The molecule has 0 aliphatic heterocycles. The van der Waals surface area contributed by atoms with Gasteiger partial charge in [0, 0.05) is 18.7 Å². The summed E-state index contributed by atoms with van der Waals surface area (Å²) < 4.78 is 1.91. The molecule has 4 heteroatoms. The molecule has 0 bridgehead atoms. The molecule has 3 unspecified atom stereocenters. The molecule has 3 atom stereocenters. The molecule has 0 aliphatic carbocycles. The molecule has 0 fully saturated rings. The summed E-state index contributed by atoms with van der Waals surface area (Å²) in [6, 6.07) is 2.27. The summed E-state index contributed by atoms with van der Waals surface area (Å²) in [6.07, 6.45) is 3.10. The van der Waals surface area contributed by atoms with Crippen LogP contribution in [-0.2, 0) is 6.42 Å². The number of hydrogen-bond donors (Lipinski definition) is 2. The van der Waals surface area contributed by atoms with E-state index in [2.05, 4.69) is 18.9 Å². The van der Waals surface area contributed by atoms with Gasteiger partial charge >= 0.3 is 0 Å². The summed E-state index contributed by atoms with van der Waals surface area (Å²) in [5.74, 6) is 0. The highest BCUT2D eigenvalue weighted by molar-refractivity contribution is 5.03. The van der Waals surface area contributed by atoms with Gasteiger partial charge in [0.15, 0.2) is 0 Å². The van der Waals surface area contributed by atoms with E-state index in [4.69, 9.17) is 0 Å². The van der Waals surface area contributed by atoms with Crippen molar-refractivity contribution in [2.24, 2.45) is 0 Å². The molecule has 2 N–H and O–H groups in total. The summed E-state index contributed by atoms with van der Waals surface area (Å²) in [4.78, 5) is 0. The Morgan fingerprint density at radius 2 is 2.12 bits per heavy atom. The van der Waals surface area contributed by atoms with Gasteiger partial charge in [-0.3, -0.25) is 4.68 Å². The van der Waals surface area contributed by atoms with Gasteiger partial charge in [0.25, 0.3) is 0 Å². The van der Waals surface area contributed by atoms with Crippen LogP contribution in [0.1, 0.15) is 52.3 Å². The van der Waals surface area contributed by atoms with E-state index < -0.39 is 11.7 Å². The predicted octanol–water partition coefficient (Wildman–Crippen LogP) is 1.92. The molecule has 4 nitrogen and oxygen atoms in total. The summed E-state index contributed by atoms with van der Waals surface area (Å²) >= 11 is 0. The molecule has 0 saturated heterocycles. The number of hydrogen-bond acceptors (Lipinski definition) is 3. The van der Waals surface area contributed by atoms with Gasteiger partial charge in [-0.25, -0.2) is 0 Å². The van der Waals surface area contributed by atoms with Crippen LogP contribution in [0.15, 0.2) is 12.3 Å². The molecule has 1 rings (SSSR count). The molecule has 17 heavy (non-hydrogen) atoms. The average molecular weight is 240 g/mol. The van der Waals surface area contributed by atoms with Crippen LogP contribution < -0.4 is 0 Å². The van der Waals surface area contributed by atoms with E-state index in [1.165, 1.54) is 0 Å². The number of aliphatic hydroxyl groups is 2. The molecule has 1 heterocycles. The van der Waals surface area contributed by atoms with E-state index in [1.807, 2.05) is 23.9 Å². The minimum absolute atomic E-state index is 0.368. The molecule has 1 aromatic rings. The Morgan fingerprint density at radius 1 is 1.47 bits per heavy atom. The fourth-order valence-electron chi connectivity index (χ4n) is 1.57. The first-order chi connectivity index (χ1) is 7.90. The number of aliphatic hydroxyl groups excluding tert-OH is 1. The molecular formula is C13H24N2O2. The Morgan fingerprint density at radius 3 is 2.65 bits per heavy atom. The number of aromatic nitrogens is 2. The van der Waals surface area contributed by atoms with Crippen molar-refractivity contribution in [3.63, 3.8) is 0 Å². The van der Waals surface area contributed by atoms with Crippen molar-refractivity contribution in [2.75, 3.05) is 0 Å². The molecule has 0 aromatic carbocycles. The molecule has 0 aliphatic rings. The minimum atomic E-state index is -1.04. The molecular weight excluding hydrogens is 216 g/mol. The quantitative estimate of drug-likeness (QED) is 0.798. The largest absolute Gasteiger partial charge is 0.390 e. The smallest absolute Gasteiger partial charge is 0.0880 e. The van der Waals surface area contributed by atoms with Crippen molar-refractivity contribution in [1.82, 2.24) is 9.78 Å². The van der Waals surface area contributed by atoms with Crippen LogP contribution in [0.4, 0.5) is 0 Å². The highest BCUT2D eigenvalue weighted by Gasteiger charge is 2.28. The Kier molecular flexibility index (Phi) is 4.71. The summed E-state index contributed by atoms with van der Waals surface area (Å²) in [5.41, 5.74) is -0.216. The monoisotopic (exact) mass is 240 g/mol. The van der Waals surface area contributed by atoms with Crippen LogP contribution in [-0.4, -0.2) is 31.7 Å². The van der Waals surface area contributed by atoms with E-state index in [-0.39, 0.29) is 0 Å². The summed E-state index contributed by atoms with van der Waals surface area (Å²) in [6.45, 7) is 7.74. The Balaban J connectivity index is 2.66. The summed E-state index contributed by atoms with van der Waals surface area (Å²) in [7, 11) is 0. The third-order valence-corrected chi connectivity index (χ3v) is 3.54. The van der Waals surface area contributed by atoms with E-state index in [9.17, 15) is 10.2 Å². The maximum Gasteiger partial charge on any atom is 0.0880 e. The van der Waals surface area contributed by atoms with E-state index in [0.717, 1.165) is 12.1 Å². The maximum atomic E-state index is 9.94. The van der Waals surface area contributed by atoms with Crippen LogP contribution in [0, 0.1) is 0 Å². The Labute approximate surface area is 103 Å². The van der Waals surface area contributed by atoms with Crippen LogP contribution in [0.25, 0.3) is 0 Å². The van der Waals surface area contributed by atoms with Gasteiger partial charge in [-0.05, 0) is 32.8 Å². The van der Waals surface area contributed by atoms with E-state index in [0.29, 0.717) is 18.9 Å². The van der Waals surface area contributed by atoms with Crippen molar-refractivity contribution >= 4 is 0 Å². The number of nitrogens with zero attached hydrogens (tertiary/aromatic N) is 2. The lowest BCUT2D eigenvalue weighted by molar-refractivity contribution is -0.0633. The molecule has 1 aromatic heterocycles. The van der Waals surface area contributed by atoms with Gasteiger partial charge in [0.1, 0.15) is 0 Å². The zero-order chi connectivity index (χ0) is 13.1. The second kappa shape index (κ2) is 5.65. The van der Waals surface area contributed by atoms with Crippen molar-refractivity contribution in [2.45, 2.75) is 64.7 Å². The molecule has 0 radical (unpaired) electrons. The Hall–Kier alpha value is -0.870. The molecule has 0 amide bonds. The van der Waals surface area contributed by atoms with Crippen molar-refractivity contribution < 1.29 is 10.2 Å². The second-order valence-electron chi connectivity index (χ2n) is 4.98. The van der Waals surface area contributed by atoms with Gasteiger partial charge in [-0.2, -0.15) is 5.10 Å². The third kappa shape index (κ3) is 3.54. The van der Waals surface area contributed by atoms with Gasteiger partial charge in [-0.1, -0.05) is 13.8 Å². The number of rotatable bonds is 6. The zero-order valence-corrected chi connectivity index (χ0v) is 11.2. The first kappa shape index (κ1) is 14.2. The lowest BCUT2D eigenvalue weighted by Gasteiger charge is -2.27. The van der Waals surface area contributed by atoms with Gasteiger partial charge < -0.3 is 10.2 Å².